The second-order valence-corrected chi connectivity index (χ2v) is 14.4. The topological polar surface area (TPSA) is 138 Å². The number of sulfonamides is 1. The number of carbonyl (C=O) groups is 1. The average Bonchev–Trinajstić information content (AvgIpc) is 3.50. The molecule has 3 aromatic rings. The minimum atomic E-state index is -3.66. The lowest BCUT2D eigenvalue weighted by atomic mass is 10.0. The quantitative estimate of drug-likeness (QED) is 0.424. The summed E-state index contributed by atoms with van der Waals surface area (Å²) in [7, 11) is -7.14. The van der Waals surface area contributed by atoms with Gasteiger partial charge in [-0.05, 0) is 68.0 Å². The van der Waals surface area contributed by atoms with Crippen molar-refractivity contribution < 1.29 is 21.6 Å². The van der Waals surface area contributed by atoms with Crippen molar-refractivity contribution in [3.8, 4) is 10.4 Å². The molecular formula is C24H27N5O5S3. The van der Waals surface area contributed by atoms with Gasteiger partial charge in [-0.2, -0.15) is 0 Å². The summed E-state index contributed by atoms with van der Waals surface area (Å²) in [5.41, 5.74) is 2.35. The SMILES string of the molecule is Cc1nc(Nc2cccc(NS(C)(=O)=O)n2)sc1-c1cc2c(c(S(C)(=O)=O)c1)C(=O)N([C@@H](C)C1CC1)C2. The predicted molar refractivity (Wildman–Crippen MR) is 143 cm³/mol. The van der Waals surface area contributed by atoms with Crippen LogP contribution < -0.4 is 10.0 Å². The summed E-state index contributed by atoms with van der Waals surface area (Å²) in [4.78, 5) is 24.7. The fourth-order valence-electron chi connectivity index (χ4n) is 4.60. The molecule has 3 heterocycles. The summed E-state index contributed by atoms with van der Waals surface area (Å²) in [5, 5.41) is 3.60. The Morgan fingerprint density at radius 1 is 1.08 bits per heavy atom. The van der Waals surface area contributed by atoms with Gasteiger partial charge in [0.25, 0.3) is 5.91 Å². The number of aromatic nitrogens is 2. The van der Waals surface area contributed by atoms with Crippen LogP contribution in [0.4, 0.5) is 16.8 Å². The largest absolute Gasteiger partial charge is 0.331 e. The van der Waals surface area contributed by atoms with Crippen LogP contribution in [0.2, 0.25) is 0 Å². The molecule has 0 radical (unpaired) electrons. The maximum Gasteiger partial charge on any atom is 0.256 e. The van der Waals surface area contributed by atoms with E-state index in [1.165, 1.54) is 17.4 Å². The number of fused-ring (bicyclic) bond motifs is 1. The summed E-state index contributed by atoms with van der Waals surface area (Å²) in [6.45, 7) is 4.24. The molecule has 2 aliphatic rings. The first-order chi connectivity index (χ1) is 17.3. The average molecular weight is 562 g/mol. The molecule has 1 aliphatic heterocycles. The van der Waals surface area contributed by atoms with Crippen LogP contribution >= 0.6 is 11.3 Å². The van der Waals surface area contributed by atoms with E-state index in [0.717, 1.165) is 30.2 Å². The Labute approximate surface area is 220 Å². The molecule has 5 rings (SSSR count). The van der Waals surface area contributed by atoms with Crippen molar-refractivity contribution in [1.82, 2.24) is 14.9 Å². The van der Waals surface area contributed by atoms with E-state index >= 15 is 0 Å². The molecule has 0 unspecified atom stereocenters. The maximum absolute atomic E-state index is 13.3. The summed E-state index contributed by atoms with van der Waals surface area (Å²) in [6, 6.07) is 8.40. The zero-order valence-corrected chi connectivity index (χ0v) is 23.2. The summed E-state index contributed by atoms with van der Waals surface area (Å²) in [6.07, 6.45) is 4.35. The Morgan fingerprint density at radius 2 is 1.78 bits per heavy atom. The van der Waals surface area contributed by atoms with E-state index in [1.807, 2.05) is 19.9 Å². The second-order valence-electron chi connectivity index (χ2n) is 9.63. The van der Waals surface area contributed by atoms with Crippen molar-refractivity contribution in [1.29, 1.82) is 0 Å². The van der Waals surface area contributed by atoms with Crippen molar-refractivity contribution in [3.05, 3.63) is 47.2 Å². The third-order valence-corrected chi connectivity index (χ3v) is 9.35. The first-order valence-electron chi connectivity index (χ1n) is 11.7. The van der Waals surface area contributed by atoms with E-state index in [-0.39, 0.29) is 28.2 Å². The van der Waals surface area contributed by atoms with Crippen LogP contribution in [-0.2, 0) is 26.4 Å². The van der Waals surface area contributed by atoms with Gasteiger partial charge in [-0.1, -0.05) is 17.4 Å². The highest BCUT2D eigenvalue weighted by Gasteiger charge is 2.41. The summed E-state index contributed by atoms with van der Waals surface area (Å²) < 4.78 is 50.9. The van der Waals surface area contributed by atoms with Gasteiger partial charge in [0.15, 0.2) is 15.0 Å². The molecule has 196 valence electrons. The monoisotopic (exact) mass is 561 g/mol. The van der Waals surface area contributed by atoms with Crippen molar-refractivity contribution in [2.24, 2.45) is 5.92 Å². The van der Waals surface area contributed by atoms with Gasteiger partial charge in [0.05, 0.1) is 27.3 Å². The van der Waals surface area contributed by atoms with Crippen molar-refractivity contribution in [2.45, 2.75) is 44.2 Å². The molecule has 1 saturated carbocycles. The van der Waals surface area contributed by atoms with E-state index in [2.05, 4.69) is 20.0 Å². The number of hydrogen-bond acceptors (Lipinski definition) is 9. The highest BCUT2D eigenvalue weighted by atomic mass is 32.2. The molecule has 1 fully saturated rings. The maximum atomic E-state index is 13.3. The number of thiazole rings is 1. The van der Waals surface area contributed by atoms with Gasteiger partial charge < -0.3 is 10.2 Å². The molecule has 0 saturated heterocycles. The number of pyridine rings is 1. The van der Waals surface area contributed by atoms with Gasteiger partial charge in [0.2, 0.25) is 10.0 Å². The van der Waals surface area contributed by atoms with Crippen LogP contribution in [0.15, 0.2) is 35.2 Å². The number of rotatable bonds is 8. The van der Waals surface area contributed by atoms with Gasteiger partial charge in [-0.3, -0.25) is 9.52 Å². The first kappa shape index (κ1) is 25.6. The predicted octanol–water partition coefficient (Wildman–Crippen LogP) is 3.79. The molecule has 0 spiro atoms. The minimum Gasteiger partial charge on any atom is -0.331 e. The number of carbonyl (C=O) groups excluding carboxylic acids is 1. The van der Waals surface area contributed by atoms with Crippen LogP contribution in [0.1, 0.15) is 41.4 Å². The summed E-state index contributed by atoms with van der Waals surface area (Å²) >= 11 is 1.32. The standard InChI is InChI=1S/C24H27N5O5S3/c1-13-22(35-24(25-13)27-19-6-5-7-20(26-19)28-37(4,33)34)16-10-17-12-29(14(2)15-8-9-15)23(30)21(17)18(11-16)36(3,31)32/h5-7,10-11,14-15H,8-9,12H2,1-4H3,(H2,25,26,27,28)/t14-/m0/s1. The zero-order valence-electron chi connectivity index (χ0n) is 20.8. The van der Waals surface area contributed by atoms with E-state index in [1.54, 1.807) is 23.1 Å². The number of amides is 1. The van der Waals surface area contributed by atoms with Crippen molar-refractivity contribution >= 4 is 53.9 Å². The lowest BCUT2D eigenvalue weighted by Crippen LogP contribution is -2.35. The zero-order chi connectivity index (χ0) is 26.7. The first-order valence-corrected chi connectivity index (χ1v) is 16.3. The lowest BCUT2D eigenvalue weighted by molar-refractivity contribution is 0.0694. The van der Waals surface area contributed by atoms with Gasteiger partial charge in [-0.25, -0.2) is 26.8 Å². The molecule has 37 heavy (non-hydrogen) atoms. The molecule has 1 aromatic carbocycles. The van der Waals surface area contributed by atoms with Crippen LogP contribution in [0.3, 0.4) is 0 Å². The van der Waals surface area contributed by atoms with E-state index in [4.69, 9.17) is 0 Å². The van der Waals surface area contributed by atoms with E-state index in [0.29, 0.717) is 40.2 Å². The van der Waals surface area contributed by atoms with Crippen molar-refractivity contribution in [2.75, 3.05) is 22.6 Å². The smallest absolute Gasteiger partial charge is 0.256 e. The molecule has 0 bridgehead atoms. The highest BCUT2D eigenvalue weighted by Crippen LogP contribution is 2.42. The Morgan fingerprint density at radius 3 is 2.43 bits per heavy atom. The van der Waals surface area contributed by atoms with Crippen LogP contribution in [0, 0.1) is 12.8 Å². The Kier molecular flexibility index (Phi) is 6.28. The molecule has 10 nitrogen and oxygen atoms in total. The van der Waals surface area contributed by atoms with Crippen LogP contribution in [-0.4, -0.2) is 56.2 Å². The summed E-state index contributed by atoms with van der Waals surface area (Å²) in [5.74, 6) is 0.817. The number of hydrogen-bond donors (Lipinski definition) is 2. The molecule has 1 amide bonds. The Bertz CT molecular complexity index is 1630. The molecule has 1 atom stereocenters. The molecular weight excluding hydrogens is 534 g/mol. The van der Waals surface area contributed by atoms with Gasteiger partial charge in [0, 0.05) is 18.8 Å². The minimum absolute atomic E-state index is 0.0408. The normalized spacial score (nSPS) is 16.5. The van der Waals surface area contributed by atoms with Crippen molar-refractivity contribution in [3.63, 3.8) is 0 Å². The second kappa shape index (κ2) is 9.07. The fraction of sp³-hybridized carbons (Fsp3) is 0.375. The number of nitrogens with zero attached hydrogens (tertiary/aromatic N) is 3. The number of nitrogens with one attached hydrogen (secondary N) is 2. The van der Waals surface area contributed by atoms with E-state index in [9.17, 15) is 21.6 Å². The Balaban J connectivity index is 1.49. The third kappa shape index (κ3) is 5.34. The lowest BCUT2D eigenvalue weighted by Gasteiger charge is -2.24. The van der Waals surface area contributed by atoms with Crippen LogP contribution in [0.5, 0.6) is 0 Å². The number of benzene rings is 1. The van der Waals surface area contributed by atoms with E-state index < -0.39 is 19.9 Å². The fourth-order valence-corrected chi connectivity index (χ4v) is 6.99. The van der Waals surface area contributed by atoms with Gasteiger partial charge in [-0.15, -0.1) is 0 Å². The Hall–Kier alpha value is -3.03. The van der Waals surface area contributed by atoms with Gasteiger partial charge in [0.1, 0.15) is 11.6 Å². The molecule has 2 N–H and O–H groups in total. The van der Waals surface area contributed by atoms with Gasteiger partial charge >= 0.3 is 0 Å². The highest BCUT2D eigenvalue weighted by molar-refractivity contribution is 7.92. The number of aryl methyl sites for hydroxylation is 1. The molecule has 1 aliphatic carbocycles. The number of sulfone groups is 1. The number of anilines is 3. The molecule has 2 aromatic heterocycles. The van der Waals surface area contributed by atoms with Crippen LogP contribution in [0.25, 0.3) is 10.4 Å². The third-order valence-electron chi connectivity index (χ3n) is 6.53. The molecule has 13 heteroatoms.